The molecule has 0 saturated heterocycles. The van der Waals surface area contributed by atoms with Crippen molar-refractivity contribution in [2.24, 2.45) is 5.73 Å². The number of thiocarbonyl (C=S) groups is 1. The Bertz CT molecular complexity index is 217. The first-order chi connectivity index (χ1) is 7.01. The SMILES string of the molecule is CCN(CC)CC(=O)N(C)CCC(N)=S. The zero-order valence-electron chi connectivity index (χ0n) is 9.82. The molecule has 0 aromatic rings. The molecule has 0 fully saturated rings. The van der Waals surface area contributed by atoms with Gasteiger partial charge in [0.15, 0.2) is 0 Å². The van der Waals surface area contributed by atoms with E-state index in [-0.39, 0.29) is 5.91 Å². The van der Waals surface area contributed by atoms with Crippen molar-refractivity contribution in [3.63, 3.8) is 0 Å². The summed E-state index contributed by atoms with van der Waals surface area (Å²) in [5.74, 6) is 0.120. The van der Waals surface area contributed by atoms with Crippen LogP contribution in [0.15, 0.2) is 0 Å². The van der Waals surface area contributed by atoms with Crippen LogP contribution >= 0.6 is 12.2 Å². The van der Waals surface area contributed by atoms with E-state index >= 15 is 0 Å². The Morgan fingerprint density at radius 1 is 1.33 bits per heavy atom. The molecule has 88 valence electrons. The van der Waals surface area contributed by atoms with Crippen molar-refractivity contribution in [3.05, 3.63) is 0 Å². The predicted octanol–water partition coefficient (Wildman–Crippen LogP) is 0.463. The summed E-state index contributed by atoms with van der Waals surface area (Å²) in [7, 11) is 1.78. The van der Waals surface area contributed by atoms with E-state index in [0.717, 1.165) is 13.1 Å². The first kappa shape index (κ1) is 14.3. The number of hydrogen-bond acceptors (Lipinski definition) is 3. The minimum Gasteiger partial charge on any atom is -0.393 e. The molecule has 2 N–H and O–H groups in total. The topological polar surface area (TPSA) is 49.6 Å². The van der Waals surface area contributed by atoms with Crippen LogP contribution in [-0.4, -0.2) is 53.9 Å². The molecule has 4 nitrogen and oxygen atoms in total. The lowest BCUT2D eigenvalue weighted by atomic mass is 10.3. The average molecular weight is 231 g/mol. The van der Waals surface area contributed by atoms with E-state index in [2.05, 4.69) is 4.90 Å². The maximum absolute atomic E-state index is 11.7. The fourth-order valence-electron chi connectivity index (χ4n) is 1.16. The number of nitrogens with two attached hydrogens (primary N) is 1. The van der Waals surface area contributed by atoms with Gasteiger partial charge in [0.25, 0.3) is 0 Å². The highest BCUT2D eigenvalue weighted by Crippen LogP contribution is 1.93. The molecule has 0 saturated carbocycles. The third-order valence-corrected chi connectivity index (χ3v) is 2.58. The number of likely N-dealkylation sites (N-methyl/N-ethyl adjacent to an activating group) is 2. The van der Waals surface area contributed by atoms with Crippen molar-refractivity contribution in [2.45, 2.75) is 20.3 Å². The Balaban J connectivity index is 3.92. The Hall–Kier alpha value is -0.680. The number of hydrogen-bond donors (Lipinski definition) is 1. The quantitative estimate of drug-likeness (QED) is 0.647. The summed E-state index contributed by atoms with van der Waals surface area (Å²) in [6.45, 7) is 6.96. The summed E-state index contributed by atoms with van der Waals surface area (Å²) in [4.78, 5) is 15.9. The molecule has 15 heavy (non-hydrogen) atoms. The molecule has 0 aliphatic carbocycles. The fraction of sp³-hybridized carbons (Fsp3) is 0.800. The summed E-state index contributed by atoms with van der Waals surface area (Å²) in [6.07, 6.45) is 0.593. The van der Waals surface area contributed by atoms with Gasteiger partial charge in [-0.05, 0) is 13.1 Å². The smallest absolute Gasteiger partial charge is 0.236 e. The average Bonchev–Trinajstić information content (AvgIpc) is 2.21. The second kappa shape index (κ2) is 7.59. The standard InChI is InChI=1S/C10H21N3OS/c1-4-13(5-2)8-10(14)12(3)7-6-9(11)15/h4-8H2,1-3H3,(H2,11,15). The third-order valence-electron chi connectivity index (χ3n) is 2.37. The number of carbonyl (C=O) groups is 1. The Labute approximate surface area is 97.4 Å². The Morgan fingerprint density at radius 2 is 1.87 bits per heavy atom. The summed E-state index contributed by atoms with van der Waals surface area (Å²) in [5, 5.41) is 0. The van der Waals surface area contributed by atoms with Gasteiger partial charge in [-0.3, -0.25) is 9.69 Å². The van der Waals surface area contributed by atoms with Crippen molar-refractivity contribution in [3.8, 4) is 0 Å². The zero-order chi connectivity index (χ0) is 11.8. The molecule has 0 aliphatic rings. The normalized spacial score (nSPS) is 10.4. The Morgan fingerprint density at radius 3 is 2.27 bits per heavy atom. The summed E-state index contributed by atoms with van der Waals surface area (Å²) in [5.41, 5.74) is 5.38. The largest absolute Gasteiger partial charge is 0.393 e. The van der Waals surface area contributed by atoms with Gasteiger partial charge in [-0.2, -0.15) is 0 Å². The lowest BCUT2D eigenvalue weighted by molar-refractivity contribution is -0.130. The second-order valence-corrected chi connectivity index (χ2v) is 4.02. The van der Waals surface area contributed by atoms with Crippen LogP contribution < -0.4 is 5.73 Å². The predicted molar refractivity (Wildman–Crippen MR) is 66.8 cm³/mol. The lowest BCUT2D eigenvalue weighted by Gasteiger charge is -2.22. The van der Waals surface area contributed by atoms with Crippen LogP contribution in [0.2, 0.25) is 0 Å². The van der Waals surface area contributed by atoms with E-state index in [9.17, 15) is 4.79 Å². The van der Waals surface area contributed by atoms with Crippen molar-refractivity contribution < 1.29 is 4.79 Å². The molecule has 0 spiro atoms. The molecule has 0 radical (unpaired) electrons. The van der Waals surface area contributed by atoms with Crippen LogP contribution in [0.1, 0.15) is 20.3 Å². The zero-order valence-corrected chi connectivity index (χ0v) is 10.6. The molecule has 0 unspecified atom stereocenters. The van der Waals surface area contributed by atoms with Gasteiger partial charge in [0.2, 0.25) is 5.91 Å². The highest BCUT2D eigenvalue weighted by atomic mass is 32.1. The molecule has 0 aliphatic heterocycles. The molecule has 0 bridgehead atoms. The van der Waals surface area contributed by atoms with E-state index in [1.54, 1.807) is 11.9 Å². The highest BCUT2D eigenvalue weighted by molar-refractivity contribution is 7.80. The number of carbonyl (C=O) groups excluding carboxylic acids is 1. The molecule has 0 aromatic heterocycles. The van der Waals surface area contributed by atoms with Gasteiger partial charge in [0.1, 0.15) is 0 Å². The van der Waals surface area contributed by atoms with Crippen LogP contribution in [0, 0.1) is 0 Å². The highest BCUT2D eigenvalue weighted by Gasteiger charge is 2.11. The monoisotopic (exact) mass is 231 g/mol. The van der Waals surface area contributed by atoms with Crippen LogP contribution in [0.4, 0.5) is 0 Å². The molecule has 0 atom stereocenters. The number of nitrogens with zero attached hydrogens (tertiary/aromatic N) is 2. The van der Waals surface area contributed by atoms with Gasteiger partial charge >= 0.3 is 0 Å². The van der Waals surface area contributed by atoms with Crippen LogP contribution in [0.5, 0.6) is 0 Å². The molecular weight excluding hydrogens is 210 g/mol. The molecule has 5 heteroatoms. The number of amides is 1. The summed E-state index contributed by atoms with van der Waals surface area (Å²) in [6, 6.07) is 0. The minimum absolute atomic E-state index is 0.120. The van der Waals surface area contributed by atoms with Crippen molar-refractivity contribution in [2.75, 3.05) is 33.2 Å². The van der Waals surface area contributed by atoms with Gasteiger partial charge in [0, 0.05) is 20.0 Å². The van der Waals surface area contributed by atoms with Crippen LogP contribution in [-0.2, 0) is 4.79 Å². The van der Waals surface area contributed by atoms with Gasteiger partial charge in [-0.1, -0.05) is 26.1 Å². The van der Waals surface area contributed by atoms with E-state index < -0.39 is 0 Å². The molecule has 0 aromatic carbocycles. The van der Waals surface area contributed by atoms with Gasteiger partial charge in [-0.25, -0.2) is 0 Å². The molecule has 0 rings (SSSR count). The van der Waals surface area contributed by atoms with Gasteiger partial charge in [0.05, 0.1) is 11.5 Å². The molecule has 0 heterocycles. The van der Waals surface area contributed by atoms with Crippen molar-refractivity contribution in [1.29, 1.82) is 0 Å². The Kier molecular flexibility index (Phi) is 7.25. The fourth-order valence-corrected chi connectivity index (χ4v) is 1.25. The van der Waals surface area contributed by atoms with Crippen LogP contribution in [0.25, 0.3) is 0 Å². The summed E-state index contributed by atoms with van der Waals surface area (Å²) >= 11 is 4.76. The van der Waals surface area contributed by atoms with E-state index in [1.807, 2.05) is 13.8 Å². The lowest BCUT2D eigenvalue weighted by Crippen LogP contribution is -2.39. The van der Waals surface area contributed by atoms with Gasteiger partial charge < -0.3 is 10.6 Å². The van der Waals surface area contributed by atoms with Crippen molar-refractivity contribution >= 4 is 23.1 Å². The van der Waals surface area contributed by atoms with E-state index in [1.165, 1.54) is 0 Å². The van der Waals surface area contributed by atoms with Crippen molar-refractivity contribution in [1.82, 2.24) is 9.80 Å². The maximum Gasteiger partial charge on any atom is 0.236 e. The first-order valence-corrected chi connectivity index (χ1v) is 5.66. The third kappa shape index (κ3) is 6.41. The second-order valence-electron chi connectivity index (χ2n) is 3.49. The first-order valence-electron chi connectivity index (χ1n) is 5.25. The molecule has 1 amide bonds. The number of rotatable bonds is 7. The molecular formula is C10H21N3OS. The van der Waals surface area contributed by atoms with Gasteiger partial charge in [-0.15, -0.1) is 0 Å². The maximum atomic E-state index is 11.7. The minimum atomic E-state index is 0.120. The van der Waals surface area contributed by atoms with E-state index in [4.69, 9.17) is 18.0 Å². The van der Waals surface area contributed by atoms with E-state index in [0.29, 0.717) is 24.5 Å². The summed E-state index contributed by atoms with van der Waals surface area (Å²) < 4.78 is 0. The van der Waals surface area contributed by atoms with Crippen LogP contribution in [0.3, 0.4) is 0 Å².